The number of carbonyl (C=O) groups is 1. The van der Waals surface area contributed by atoms with Crippen LogP contribution in [0.4, 0.5) is 0 Å². The highest BCUT2D eigenvalue weighted by Gasteiger charge is 2.19. The molecule has 7 heteroatoms. The van der Waals surface area contributed by atoms with E-state index in [0.717, 1.165) is 19.4 Å². The molecule has 1 aromatic heterocycles. The highest BCUT2D eigenvalue weighted by Crippen LogP contribution is 2.20. The molecule has 6 nitrogen and oxygen atoms in total. The summed E-state index contributed by atoms with van der Waals surface area (Å²) in [6, 6.07) is 6.95. The average molecular weight is 308 g/mol. The molecule has 0 spiro atoms. The van der Waals surface area contributed by atoms with Gasteiger partial charge in [-0.1, -0.05) is 11.6 Å². The van der Waals surface area contributed by atoms with Crippen LogP contribution in [0.2, 0.25) is 5.02 Å². The van der Waals surface area contributed by atoms with E-state index in [1.807, 2.05) is 0 Å². The van der Waals surface area contributed by atoms with E-state index in [1.54, 1.807) is 24.3 Å². The van der Waals surface area contributed by atoms with Gasteiger partial charge in [0.15, 0.2) is 0 Å². The number of halogens is 1. The molecule has 1 fully saturated rings. The van der Waals surface area contributed by atoms with E-state index in [9.17, 15) is 4.79 Å². The molecule has 1 saturated heterocycles. The van der Waals surface area contributed by atoms with E-state index in [1.165, 1.54) is 0 Å². The fourth-order valence-corrected chi connectivity index (χ4v) is 2.24. The largest absolute Gasteiger partial charge is 0.412 e. The molecule has 1 aliphatic heterocycles. The molecule has 21 heavy (non-hydrogen) atoms. The van der Waals surface area contributed by atoms with Gasteiger partial charge >= 0.3 is 11.8 Å². The fourth-order valence-electron chi connectivity index (χ4n) is 2.11. The zero-order valence-electron chi connectivity index (χ0n) is 11.2. The van der Waals surface area contributed by atoms with E-state index in [0.29, 0.717) is 17.1 Å². The maximum atomic E-state index is 11.9. The van der Waals surface area contributed by atoms with Gasteiger partial charge in [0.25, 0.3) is 0 Å². The monoisotopic (exact) mass is 307 g/mol. The smallest absolute Gasteiger partial charge is 0.308 e. The third-order valence-corrected chi connectivity index (χ3v) is 3.48. The van der Waals surface area contributed by atoms with Crippen LogP contribution in [0.15, 0.2) is 28.7 Å². The molecule has 3 rings (SSSR count). The third-order valence-electron chi connectivity index (χ3n) is 3.22. The van der Waals surface area contributed by atoms with Gasteiger partial charge < -0.3 is 14.5 Å². The first kappa shape index (κ1) is 14.0. The van der Waals surface area contributed by atoms with Crippen molar-refractivity contribution in [2.75, 3.05) is 13.2 Å². The normalized spacial score (nSPS) is 17.9. The quantitative estimate of drug-likeness (QED) is 0.938. The first-order valence-electron chi connectivity index (χ1n) is 6.71. The molecule has 1 atom stereocenters. The van der Waals surface area contributed by atoms with Crippen LogP contribution in [0.25, 0.3) is 11.5 Å². The van der Waals surface area contributed by atoms with Gasteiger partial charge in [0.1, 0.15) is 0 Å². The Balaban J connectivity index is 1.63. The van der Waals surface area contributed by atoms with E-state index < -0.39 is 5.91 Å². The van der Waals surface area contributed by atoms with Crippen molar-refractivity contribution in [2.45, 2.75) is 18.9 Å². The molecule has 1 aliphatic rings. The molecule has 0 saturated carbocycles. The number of rotatable bonds is 4. The summed E-state index contributed by atoms with van der Waals surface area (Å²) in [4.78, 5) is 11.9. The van der Waals surface area contributed by atoms with Crippen LogP contribution in [0, 0.1) is 0 Å². The van der Waals surface area contributed by atoms with E-state index >= 15 is 0 Å². The minimum Gasteiger partial charge on any atom is -0.412 e. The molecule has 1 amide bonds. The van der Waals surface area contributed by atoms with Gasteiger partial charge in [0.2, 0.25) is 5.89 Å². The topological polar surface area (TPSA) is 77.2 Å². The highest BCUT2D eigenvalue weighted by atomic mass is 35.5. The number of carbonyl (C=O) groups excluding carboxylic acids is 1. The van der Waals surface area contributed by atoms with Crippen LogP contribution >= 0.6 is 11.6 Å². The van der Waals surface area contributed by atoms with Gasteiger partial charge in [0.05, 0.1) is 6.10 Å². The Labute approximate surface area is 126 Å². The van der Waals surface area contributed by atoms with E-state index in [-0.39, 0.29) is 17.9 Å². The zero-order chi connectivity index (χ0) is 14.7. The van der Waals surface area contributed by atoms with Crippen LogP contribution in [0.5, 0.6) is 0 Å². The molecule has 1 N–H and O–H groups in total. The molecular weight excluding hydrogens is 294 g/mol. The summed E-state index contributed by atoms with van der Waals surface area (Å²) in [5, 5.41) is 11.0. The van der Waals surface area contributed by atoms with Crippen molar-refractivity contribution in [1.82, 2.24) is 15.5 Å². The Bertz CT molecular complexity index is 621. The number of hydrogen-bond acceptors (Lipinski definition) is 5. The SMILES string of the molecule is O=C(NCC1CCCO1)c1nnc(-c2ccc(Cl)cc2)o1. The van der Waals surface area contributed by atoms with Gasteiger partial charge in [-0.3, -0.25) is 4.79 Å². The molecule has 2 heterocycles. The van der Waals surface area contributed by atoms with Crippen LogP contribution in [0.1, 0.15) is 23.5 Å². The van der Waals surface area contributed by atoms with Crippen molar-refractivity contribution in [3.63, 3.8) is 0 Å². The van der Waals surface area contributed by atoms with Crippen LogP contribution in [-0.2, 0) is 4.74 Å². The summed E-state index contributed by atoms with van der Waals surface area (Å²) in [6.07, 6.45) is 2.06. The van der Waals surface area contributed by atoms with Crippen LogP contribution < -0.4 is 5.32 Å². The number of nitrogens with zero attached hydrogens (tertiary/aromatic N) is 2. The number of aromatic nitrogens is 2. The Morgan fingerprint density at radius 1 is 1.33 bits per heavy atom. The minimum absolute atomic E-state index is 0.0575. The second kappa shape index (κ2) is 6.24. The zero-order valence-corrected chi connectivity index (χ0v) is 12.0. The van der Waals surface area contributed by atoms with E-state index in [2.05, 4.69) is 15.5 Å². The van der Waals surface area contributed by atoms with Crippen LogP contribution in [0.3, 0.4) is 0 Å². The molecule has 1 aromatic carbocycles. The molecule has 0 bridgehead atoms. The number of amides is 1. The van der Waals surface area contributed by atoms with Gasteiger partial charge in [0, 0.05) is 23.7 Å². The standard InChI is InChI=1S/C14H14ClN3O3/c15-10-5-3-9(4-6-10)13-17-18-14(21-13)12(19)16-8-11-2-1-7-20-11/h3-6,11H,1-2,7-8H2,(H,16,19). The first-order valence-corrected chi connectivity index (χ1v) is 7.09. The summed E-state index contributed by atoms with van der Waals surface area (Å²) in [5.74, 6) is -0.162. The molecule has 1 unspecified atom stereocenters. The lowest BCUT2D eigenvalue weighted by atomic mass is 10.2. The number of nitrogens with one attached hydrogen (secondary N) is 1. The van der Waals surface area contributed by atoms with Gasteiger partial charge in [-0.2, -0.15) is 0 Å². The Morgan fingerprint density at radius 2 is 2.14 bits per heavy atom. The molecule has 0 aliphatic carbocycles. The van der Waals surface area contributed by atoms with E-state index in [4.69, 9.17) is 20.8 Å². The van der Waals surface area contributed by atoms with Crippen molar-refractivity contribution in [2.24, 2.45) is 0 Å². The van der Waals surface area contributed by atoms with Crippen molar-refractivity contribution in [1.29, 1.82) is 0 Å². The first-order chi connectivity index (χ1) is 10.2. The summed E-state index contributed by atoms with van der Waals surface area (Å²) in [6.45, 7) is 1.21. The summed E-state index contributed by atoms with van der Waals surface area (Å²) >= 11 is 5.82. The van der Waals surface area contributed by atoms with Crippen molar-refractivity contribution in [3.05, 3.63) is 35.2 Å². The minimum atomic E-state index is -0.391. The maximum absolute atomic E-state index is 11.9. The highest BCUT2D eigenvalue weighted by molar-refractivity contribution is 6.30. The second-order valence-electron chi connectivity index (χ2n) is 4.76. The van der Waals surface area contributed by atoms with Crippen LogP contribution in [-0.4, -0.2) is 35.4 Å². The third kappa shape index (κ3) is 3.40. The van der Waals surface area contributed by atoms with Gasteiger partial charge in [-0.15, -0.1) is 10.2 Å². The fraction of sp³-hybridized carbons (Fsp3) is 0.357. The number of benzene rings is 1. The lowest BCUT2D eigenvalue weighted by Gasteiger charge is -2.08. The summed E-state index contributed by atoms with van der Waals surface area (Å²) in [5.41, 5.74) is 0.713. The Morgan fingerprint density at radius 3 is 2.86 bits per heavy atom. The lowest BCUT2D eigenvalue weighted by Crippen LogP contribution is -2.31. The number of ether oxygens (including phenoxy) is 1. The molecule has 110 valence electrons. The summed E-state index contributed by atoms with van der Waals surface area (Å²) < 4.78 is 10.8. The Hall–Kier alpha value is -1.92. The molecule has 0 radical (unpaired) electrons. The lowest BCUT2D eigenvalue weighted by molar-refractivity contribution is 0.0830. The number of hydrogen-bond donors (Lipinski definition) is 1. The van der Waals surface area contributed by atoms with Crippen molar-refractivity contribution >= 4 is 17.5 Å². The summed E-state index contributed by atoms with van der Waals surface area (Å²) in [7, 11) is 0. The van der Waals surface area contributed by atoms with Gasteiger partial charge in [-0.25, -0.2) is 0 Å². The average Bonchev–Trinajstić information content (AvgIpc) is 3.17. The van der Waals surface area contributed by atoms with Gasteiger partial charge in [-0.05, 0) is 37.1 Å². The predicted molar refractivity (Wildman–Crippen MR) is 76.1 cm³/mol. The molecular formula is C14H14ClN3O3. The predicted octanol–water partition coefficient (Wildman–Crippen LogP) is 2.30. The van der Waals surface area contributed by atoms with Crippen molar-refractivity contribution in [3.8, 4) is 11.5 Å². The second-order valence-corrected chi connectivity index (χ2v) is 5.20. The molecule has 2 aromatic rings. The van der Waals surface area contributed by atoms with Crippen molar-refractivity contribution < 1.29 is 13.9 Å². The Kier molecular flexibility index (Phi) is 4.17. The maximum Gasteiger partial charge on any atom is 0.308 e.